The molecule has 3 heteroatoms. The third kappa shape index (κ3) is 3.00. The van der Waals surface area contributed by atoms with E-state index in [9.17, 15) is 0 Å². The first-order valence-electron chi connectivity index (χ1n) is 7.81. The maximum atomic E-state index is 5.34. The molecule has 0 aliphatic carbocycles. The molecule has 1 atom stereocenters. The van der Waals surface area contributed by atoms with Crippen LogP contribution < -0.4 is 10.1 Å². The number of halogens is 1. The number of fused-ring (bicyclic) bond motifs is 1. The van der Waals surface area contributed by atoms with E-state index in [0.29, 0.717) is 12.0 Å². The van der Waals surface area contributed by atoms with Crippen molar-refractivity contribution in [2.24, 2.45) is 0 Å². The number of rotatable bonds is 3. The van der Waals surface area contributed by atoms with Gasteiger partial charge in [-0.3, -0.25) is 0 Å². The van der Waals surface area contributed by atoms with Crippen molar-refractivity contribution in [3.63, 3.8) is 0 Å². The van der Waals surface area contributed by atoms with Crippen molar-refractivity contribution in [1.82, 2.24) is 0 Å². The Bertz CT molecular complexity index is 681. The van der Waals surface area contributed by atoms with Gasteiger partial charge in [0.15, 0.2) is 0 Å². The molecule has 0 saturated carbocycles. The fourth-order valence-electron chi connectivity index (χ4n) is 3.03. The molecule has 0 radical (unpaired) electrons. The third-order valence-electron chi connectivity index (χ3n) is 4.38. The number of ether oxygens (including phenoxy) is 1. The third-order valence-corrected chi connectivity index (χ3v) is 5.00. The minimum absolute atomic E-state index is 0.337. The average molecular weight is 360 g/mol. The van der Waals surface area contributed by atoms with Gasteiger partial charge in [-0.2, -0.15) is 0 Å². The second-order valence-corrected chi connectivity index (χ2v) is 7.06. The summed E-state index contributed by atoms with van der Waals surface area (Å²) in [6.07, 6.45) is 2.21. The van der Waals surface area contributed by atoms with E-state index >= 15 is 0 Å². The summed E-state index contributed by atoms with van der Waals surface area (Å²) in [6.45, 7) is 4.48. The fraction of sp³-hybridized carbons (Fsp3) is 0.368. The summed E-state index contributed by atoms with van der Waals surface area (Å²) in [6, 6.07) is 13.3. The normalized spacial score (nSPS) is 17.0. The SMILES string of the molecule is COc1cccc(C2CCc3cc(C(C)C)cc(Br)c3N2)c1. The van der Waals surface area contributed by atoms with E-state index in [1.165, 1.54) is 26.9 Å². The lowest BCUT2D eigenvalue weighted by molar-refractivity contribution is 0.414. The van der Waals surface area contributed by atoms with E-state index in [0.717, 1.165) is 18.6 Å². The van der Waals surface area contributed by atoms with Crippen molar-refractivity contribution in [2.45, 2.75) is 38.6 Å². The molecule has 1 heterocycles. The number of anilines is 1. The van der Waals surface area contributed by atoms with Crippen LogP contribution in [-0.4, -0.2) is 7.11 Å². The zero-order chi connectivity index (χ0) is 15.7. The number of methoxy groups -OCH3 is 1. The molecule has 22 heavy (non-hydrogen) atoms. The predicted octanol–water partition coefficient (Wildman–Crippen LogP) is 5.68. The first-order chi connectivity index (χ1) is 10.6. The molecule has 0 aromatic heterocycles. The zero-order valence-corrected chi connectivity index (χ0v) is 14.9. The smallest absolute Gasteiger partial charge is 0.119 e. The molecule has 1 unspecified atom stereocenters. The predicted molar refractivity (Wildman–Crippen MR) is 95.9 cm³/mol. The average Bonchev–Trinajstić information content (AvgIpc) is 2.54. The van der Waals surface area contributed by atoms with E-state index in [1.54, 1.807) is 7.11 Å². The maximum absolute atomic E-state index is 5.34. The number of hydrogen-bond acceptors (Lipinski definition) is 2. The Kier molecular flexibility index (Phi) is 4.44. The van der Waals surface area contributed by atoms with Gasteiger partial charge in [0.25, 0.3) is 0 Å². The summed E-state index contributed by atoms with van der Waals surface area (Å²) in [4.78, 5) is 0. The van der Waals surface area contributed by atoms with Crippen LogP contribution in [0, 0.1) is 0 Å². The molecule has 1 N–H and O–H groups in total. The minimum atomic E-state index is 0.337. The molecule has 1 aliphatic heterocycles. The van der Waals surface area contributed by atoms with Crippen LogP contribution in [0.5, 0.6) is 5.75 Å². The topological polar surface area (TPSA) is 21.3 Å². The van der Waals surface area contributed by atoms with Crippen molar-refractivity contribution >= 4 is 21.6 Å². The Hall–Kier alpha value is -1.48. The van der Waals surface area contributed by atoms with Crippen LogP contribution in [0.1, 0.15) is 48.9 Å². The highest BCUT2D eigenvalue weighted by Gasteiger charge is 2.22. The maximum Gasteiger partial charge on any atom is 0.119 e. The highest BCUT2D eigenvalue weighted by Crippen LogP contribution is 2.39. The lowest BCUT2D eigenvalue weighted by Crippen LogP contribution is -2.19. The Labute approximate surface area is 141 Å². The summed E-state index contributed by atoms with van der Waals surface area (Å²) in [5.41, 5.74) is 5.33. The zero-order valence-electron chi connectivity index (χ0n) is 13.3. The highest BCUT2D eigenvalue weighted by atomic mass is 79.9. The van der Waals surface area contributed by atoms with Gasteiger partial charge in [-0.05, 0) is 69.6 Å². The summed E-state index contributed by atoms with van der Waals surface area (Å²) >= 11 is 3.74. The molecular weight excluding hydrogens is 338 g/mol. The molecule has 0 fully saturated rings. The lowest BCUT2D eigenvalue weighted by Gasteiger charge is -2.29. The van der Waals surface area contributed by atoms with Crippen molar-refractivity contribution in [1.29, 1.82) is 0 Å². The molecular formula is C19H22BrNO. The van der Waals surface area contributed by atoms with E-state index in [2.05, 4.69) is 65.4 Å². The Morgan fingerprint density at radius 3 is 2.77 bits per heavy atom. The second kappa shape index (κ2) is 6.33. The summed E-state index contributed by atoms with van der Waals surface area (Å²) in [5.74, 6) is 1.47. The lowest BCUT2D eigenvalue weighted by atomic mass is 9.90. The van der Waals surface area contributed by atoms with E-state index < -0.39 is 0 Å². The Morgan fingerprint density at radius 2 is 2.05 bits per heavy atom. The van der Waals surface area contributed by atoms with Crippen LogP contribution in [0.3, 0.4) is 0 Å². The molecule has 3 rings (SSSR count). The van der Waals surface area contributed by atoms with Crippen molar-refractivity contribution in [3.05, 3.63) is 57.6 Å². The van der Waals surface area contributed by atoms with Gasteiger partial charge < -0.3 is 10.1 Å². The molecule has 0 spiro atoms. The van der Waals surface area contributed by atoms with E-state index in [1.807, 2.05) is 6.07 Å². The number of benzene rings is 2. The number of hydrogen-bond donors (Lipinski definition) is 1. The van der Waals surface area contributed by atoms with Gasteiger partial charge in [-0.1, -0.05) is 32.0 Å². The quantitative estimate of drug-likeness (QED) is 0.760. The van der Waals surface area contributed by atoms with Gasteiger partial charge in [0.2, 0.25) is 0 Å². The Balaban J connectivity index is 1.90. The molecule has 1 aliphatic rings. The molecule has 0 bridgehead atoms. The van der Waals surface area contributed by atoms with Gasteiger partial charge in [0.1, 0.15) is 5.75 Å². The molecule has 2 aromatic carbocycles. The molecule has 116 valence electrons. The van der Waals surface area contributed by atoms with Crippen molar-refractivity contribution in [3.8, 4) is 5.75 Å². The monoisotopic (exact) mass is 359 g/mol. The Morgan fingerprint density at radius 1 is 1.23 bits per heavy atom. The van der Waals surface area contributed by atoms with Crippen molar-refractivity contribution < 1.29 is 4.74 Å². The van der Waals surface area contributed by atoms with Gasteiger partial charge in [0.05, 0.1) is 18.8 Å². The minimum Gasteiger partial charge on any atom is -0.497 e. The number of aryl methyl sites for hydroxylation is 1. The van der Waals surface area contributed by atoms with Crippen LogP contribution in [0.4, 0.5) is 5.69 Å². The van der Waals surface area contributed by atoms with Crippen LogP contribution in [0.25, 0.3) is 0 Å². The molecule has 0 saturated heterocycles. The fourth-order valence-corrected chi connectivity index (χ4v) is 3.67. The van der Waals surface area contributed by atoms with E-state index in [-0.39, 0.29) is 0 Å². The molecule has 2 nitrogen and oxygen atoms in total. The van der Waals surface area contributed by atoms with Gasteiger partial charge in [0, 0.05) is 4.47 Å². The first-order valence-corrected chi connectivity index (χ1v) is 8.60. The van der Waals surface area contributed by atoms with Gasteiger partial charge in [-0.15, -0.1) is 0 Å². The standard InChI is InChI=1S/C19H22BrNO/c1-12(2)15-9-14-7-8-18(21-19(14)17(20)11-15)13-5-4-6-16(10-13)22-3/h4-6,9-12,18,21H,7-8H2,1-3H3. The number of nitrogens with one attached hydrogen (secondary N) is 1. The van der Waals surface area contributed by atoms with E-state index in [4.69, 9.17) is 4.74 Å². The summed E-state index contributed by atoms with van der Waals surface area (Å²) in [5, 5.41) is 3.70. The van der Waals surface area contributed by atoms with Crippen molar-refractivity contribution in [2.75, 3.05) is 12.4 Å². The van der Waals surface area contributed by atoms with Gasteiger partial charge >= 0.3 is 0 Å². The summed E-state index contributed by atoms with van der Waals surface area (Å²) < 4.78 is 6.51. The second-order valence-electron chi connectivity index (χ2n) is 6.20. The van der Waals surface area contributed by atoms with Crippen LogP contribution in [0.2, 0.25) is 0 Å². The molecule has 2 aromatic rings. The van der Waals surface area contributed by atoms with Gasteiger partial charge in [-0.25, -0.2) is 0 Å². The summed E-state index contributed by atoms with van der Waals surface area (Å²) in [7, 11) is 1.72. The first kappa shape index (κ1) is 15.4. The molecule has 0 amide bonds. The van der Waals surface area contributed by atoms with Crippen LogP contribution in [0.15, 0.2) is 40.9 Å². The van der Waals surface area contributed by atoms with Crippen LogP contribution >= 0.6 is 15.9 Å². The van der Waals surface area contributed by atoms with Crippen LogP contribution in [-0.2, 0) is 6.42 Å². The largest absolute Gasteiger partial charge is 0.497 e. The highest BCUT2D eigenvalue weighted by molar-refractivity contribution is 9.10.